The molecule has 3 aromatic rings. The molecule has 1 atom stereocenters. The lowest BCUT2D eigenvalue weighted by Gasteiger charge is -2.42. The fourth-order valence-corrected chi connectivity index (χ4v) is 7.05. The van der Waals surface area contributed by atoms with Crippen molar-refractivity contribution in [3.63, 3.8) is 0 Å². The Bertz CT molecular complexity index is 1550. The van der Waals surface area contributed by atoms with Crippen LogP contribution in [0, 0.1) is 16.7 Å². The largest absolute Gasteiger partial charge is 0.463 e. The van der Waals surface area contributed by atoms with Crippen LogP contribution in [-0.2, 0) is 13.0 Å². The number of rotatable bonds is 11. The number of nitriles is 1. The molecule has 232 valence electrons. The number of anilines is 2. The molecule has 0 amide bonds. The van der Waals surface area contributed by atoms with Crippen LogP contribution in [0.15, 0.2) is 48.6 Å². The number of ether oxygens (including phenoxy) is 1. The van der Waals surface area contributed by atoms with Crippen molar-refractivity contribution >= 4 is 33.9 Å². The summed E-state index contributed by atoms with van der Waals surface area (Å²) in [4.78, 5) is 19.2. The van der Waals surface area contributed by atoms with Gasteiger partial charge >= 0.3 is 6.01 Å². The fourth-order valence-electron chi connectivity index (χ4n) is 6.77. The van der Waals surface area contributed by atoms with E-state index < -0.39 is 6.67 Å². The van der Waals surface area contributed by atoms with Gasteiger partial charge in [0.2, 0.25) is 0 Å². The van der Waals surface area contributed by atoms with E-state index in [9.17, 15) is 9.65 Å². The van der Waals surface area contributed by atoms with E-state index in [4.69, 9.17) is 26.3 Å². The minimum Gasteiger partial charge on any atom is -0.463 e. The maximum absolute atomic E-state index is 12.7. The Morgan fingerprint density at radius 2 is 1.93 bits per heavy atom. The topological polar surface area (TPSA) is 71.8 Å². The van der Waals surface area contributed by atoms with E-state index in [1.54, 1.807) is 0 Å². The molecule has 2 aliphatic heterocycles. The molecule has 0 radical (unpaired) electrons. The highest BCUT2D eigenvalue weighted by molar-refractivity contribution is 6.36. The Morgan fingerprint density at radius 3 is 2.68 bits per heavy atom. The number of allylic oxidation sites excluding steroid dienone is 1. The van der Waals surface area contributed by atoms with Crippen LogP contribution in [0.3, 0.4) is 0 Å². The lowest BCUT2D eigenvalue weighted by Crippen LogP contribution is -2.53. The van der Waals surface area contributed by atoms with E-state index in [2.05, 4.69) is 64.0 Å². The van der Waals surface area contributed by atoms with Crippen molar-refractivity contribution < 1.29 is 9.13 Å². The van der Waals surface area contributed by atoms with E-state index in [-0.39, 0.29) is 11.5 Å². The molecule has 3 aliphatic rings. The average molecular weight is 618 g/mol. The molecule has 2 fully saturated rings. The maximum Gasteiger partial charge on any atom is 0.318 e. The second kappa shape index (κ2) is 13.3. The zero-order valence-corrected chi connectivity index (χ0v) is 26.4. The molecule has 1 aliphatic carbocycles. The summed E-state index contributed by atoms with van der Waals surface area (Å²) >= 11 is 6.72. The van der Waals surface area contributed by atoms with Crippen molar-refractivity contribution in [1.82, 2.24) is 19.8 Å². The first kappa shape index (κ1) is 30.6. The van der Waals surface area contributed by atoms with Crippen LogP contribution in [0.4, 0.5) is 15.9 Å². The standard InChI is InChI=1S/C34H41ClFN7O/c1-40(2)23-34(13-14-34)24-44-33-38-29-22-42(30-10-6-8-25-7-5-9-28(35)31(25)30)18-12-27(29)32(39-33)43-20-19-41(17-4-3-15-36)26(21-43)11-16-37/h3-10,26H,11-15,17-24H2,1-2H3/b4-3+/t26-/m0/s1. The third kappa shape index (κ3) is 6.63. The van der Waals surface area contributed by atoms with Crippen LogP contribution in [-0.4, -0.2) is 92.5 Å². The van der Waals surface area contributed by atoms with Gasteiger partial charge in [-0.25, -0.2) is 4.39 Å². The lowest BCUT2D eigenvalue weighted by atomic mass is 10.0. The van der Waals surface area contributed by atoms with Crippen molar-refractivity contribution in [2.45, 2.75) is 38.3 Å². The number of piperazine rings is 1. The summed E-state index contributed by atoms with van der Waals surface area (Å²) in [7, 11) is 4.21. The molecule has 1 saturated carbocycles. The molecule has 1 aromatic heterocycles. The van der Waals surface area contributed by atoms with Crippen molar-refractivity contribution in [1.29, 1.82) is 5.26 Å². The maximum atomic E-state index is 12.7. The van der Waals surface area contributed by atoms with Gasteiger partial charge in [-0.05, 0) is 50.9 Å². The highest BCUT2D eigenvalue weighted by Crippen LogP contribution is 2.46. The summed E-state index contributed by atoms with van der Waals surface area (Å²) in [6.07, 6.45) is 6.88. The van der Waals surface area contributed by atoms with Crippen molar-refractivity contribution in [2.24, 2.45) is 5.41 Å². The molecule has 44 heavy (non-hydrogen) atoms. The number of nitrogens with zero attached hydrogens (tertiary/aromatic N) is 7. The number of benzene rings is 2. The van der Waals surface area contributed by atoms with Crippen LogP contribution >= 0.6 is 11.6 Å². The Hall–Kier alpha value is -3.45. The van der Waals surface area contributed by atoms with Gasteiger partial charge in [-0.1, -0.05) is 48.0 Å². The first-order chi connectivity index (χ1) is 21.4. The Morgan fingerprint density at radius 1 is 1.11 bits per heavy atom. The molecule has 0 bridgehead atoms. The number of hydrogen-bond acceptors (Lipinski definition) is 8. The summed E-state index contributed by atoms with van der Waals surface area (Å²) in [6, 6.07) is 15.2. The van der Waals surface area contributed by atoms with E-state index >= 15 is 0 Å². The zero-order chi connectivity index (χ0) is 30.7. The third-order valence-corrected chi connectivity index (χ3v) is 9.45. The molecule has 10 heteroatoms. The van der Waals surface area contributed by atoms with Gasteiger partial charge in [-0.15, -0.1) is 0 Å². The Labute approximate surface area is 264 Å². The molecule has 3 heterocycles. The van der Waals surface area contributed by atoms with Crippen LogP contribution in [0.5, 0.6) is 6.01 Å². The van der Waals surface area contributed by atoms with Crippen molar-refractivity contribution in [3.05, 3.63) is 64.8 Å². The summed E-state index contributed by atoms with van der Waals surface area (Å²) in [5.74, 6) is 0.917. The summed E-state index contributed by atoms with van der Waals surface area (Å²) < 4.78 is 19.1. The molecule has 0 N–H and O–H groups in total. The molecule has 8 nitrogen and oxygen atoms in total. The second-order valence-electron chi connectivity index (χ2n) is 12.7. The predicted octanol–water partition coefficient (Wildman–Crippen LogP) is 5.50. The van der Waals surface area contributed by atoms with Gasteiger partial charge in [0, 0.05) is 67.4 Å². The van der Waals surface area contributed by atoms with Crippen LogP contribution in [0.1, 0.15) is 30.5 Å². The summed E-state index contributed by atoms with van der Waals surface area (Å²) in [5.41, 5.74) is 3.39. The van der Waals surface area contributed by atoms with Gasteiger partial charge in [0.05, 0.1) is 36.4 Å². The minimum absolute atomic E-state index is 0.0285. The predicted molar refractivity (Wildman–Crippen MR) is 174 cm³/mol. The molecule has 2 aromatic carbocycles. The Balaban J connectivity index is 1.31. The smallest absolute Gasteiger partial charge is 0.318 e. The Kier molecular flexibility index (Phi) is 9.22. The van der Waals surface area contributed by atoms with Gasteiger partial charge in [-0.2, -0.15) is 15.2 Å². The number of halogens is 2. The third-order valence-electron chi connectivity index (χ3n) is 9.14. The first-order valence-corrected chi connectivity index (χ1v) is 15.9. The summed E-state index contributed by atoms with van der Waals surface area (Å²) in [5, 5.41) is 12.5. The number of hydrogen-bond donors (Lipinski definition) is 0. The van der Waals surface area contributed by atoms with Gasteiger partial charge < -0.3 is 19.4 Å². The first-order valence-electron chi connectivity index (χ1n) is 15.6. The van der Waals surface area contributed by atoms with Crippen molar-refractivity contribution in [2.75, 3.05) is 76.4 Å². The number of aromatic nitrogens is 2. The van der Waals surface area contributed by atoms with Crippen LogP contribution < -0.4 is 14.5 Å². The normalized spacial score (nSPS) is 19.9. The van der Waals surface area contributed by atoms with Crippen LogP contribution in [0.2, 0.25) is 5.02 Å². The zero-order valence-electron chi connectivity index (χ0n) is 25.7. The minimum atomic E-state index is -0.476. The van der Waals surface area contributed by atoms with E-state index in [1.807, 2.05) is 18.2 Å². The molecule has 0 unspecified atom stereocenters. The highest BCUT2D eigenvalue weighted by Gasteiger charge is 2.44. The average Bonchev–Trinajstić information content (AvgIpc) is 3.78. The van der Waals surface area contributed by atoms with E-state index in [0.717, 1.165) is 84.0 Å². The molecule has 1 saturated heterocycles. The summed E-state index contributed by atoms with van der Waals surface area (Å²) in [6.45, 7) is 5.39. The van der Waals surface area contributed by atoms with Gasteiger partial charge in [-0.3, -0.25) is 4.90 Å². The monoisotopic (exact) mass is 617 g/mol. The highest BCUT2D eigenvalue weighted by atomic mass is 35.5. The molecule has 0 spiro atoms. The quantitative estimate of drug-likeness (QED) is 0.261. The van der Waals surface area contributed by atoms with Crippen molar-refractivity contribution in [3.8, 4) is 12.1 Å². The molecule has 6 rings (SSSR count). The number of fused-ring (bicyclic) bond motifs is 2. The van der Waals surface area contributed by atoms with Gasteiger partial charge in [0.15, 0.2) is 0 Å². The fraction of sp³-hybridized carbons (Fsp3) is 0.500. The van der Waals surface area contributed by atoms with E-state index in [0.29, 0.717) is 38.7 Å². The SMILES string of the molecule is CN(C)CC1(COc2nc3c(c(N4CCN(C/C=C/CF)[C@@H](CC#N)C4)n2)CCN(c2cccc4cccc(Cl)c24)C3)CC1. The lowest BCUT2D eigenvalue weighted by molar-refractivity contribution is 0.181. The molecular formula is C34H41ClFN7O. The molecular weight excluding hydrogens is 577 g/mol. The van der Waals surface area contributed by atoms with E-state index in [1.165, 1.54) is 6.08 Å². The van der Waals surface area contributed by atoms with Crippen LogP contribution in [0.25, 0.3) is 10.8 Å². The second-order valence-corrected chi connectivity index (χ2v) is 13.1. The number of alkyl halides is 1. The van der Waals surface area contributed by atoms with Gasteiger partial charge in [0.1, 0.15) is 12.5 Å². The van der Waals surface area contributed by atoms with Gasteiger partial charge in [0.25, 0.3) is 0 Å².